The van der Waals surface area contributed by atoms with E-state index in [1.54, 1.807) is 34.9 Å². The molecule has 2 aliphatic rings. The van der Waals surface area contributed by atoms with E-state index in [4.69, 9.17) is 9.47 Å². The molecule has 4 rings (SSSR count). The molecule has 1 N–H and O–H groups in total. The molecule has 1 unspecified atom stereocenters. The number of carbonyl (C=O) groups excluding carboxylic acids is 2. The van der Waals surface area contributed by atoms with Crippen molar-refractivity contribution in [1.29, 1.82) is 0 Å². The van der Waals surface area contributed by atoms with Gasteiger partial charge in [-0.15, -0.1) is 0 Å². The molecule has 0 spiro atoms. The maximum Gasteiger partial charge on any atom is 0.293 e. The number of nitro groups is 1. The number of benzene rings is 2. The summed E-state index contributed by atoms with van der Waals surface area (Å²) in [5, 5.41) is 14.0. The fraction of sp³-hybridized carbons (Fsp3) is 0.364. The van der Waals surface area contributed by atoms with E-state index in [1.165, 1.54) is 12.1 Å². The van der Waals surface area contributed by atoms with Crippen LogP contribution in [-0.4, -0.2) is 67.1 Å². The monoisotopic (exact) mass is 440 g/mol. The van der Waals surface area contributed by atoms with Crippen molar-refractivity contribution in [2.24, 2.45) is 0 Å². The molecule has 1 atom stereocenters. The topological polar surface area (TPSA) is 114 Å². The third-order valence-corrected chi connectivity index (χ3v) is 5.42. The minimum absolute atomic E-state index is 0.0850. The van der Waals surface area contributed by atoms with Crippen LogP contribution in [-0.2, 0) is 14.3 Å². The van der Waals surface area contributed by atoms with Gasteiger partial charge in [-0.1, -0.05) is 18.2 Å². The molecular formula is C22H24N4O6. The van der Waals surface area contributed by atoms with Crippen LogP contribution in [0.5, 0.6) is 5.75 Å². The predicted octanol–water partition coefficient (Wildman–Crippen LogP) is 1.97. The summed E-state index contributed by atoms with van der Waals surface area (Å²) in [6.07, 6.45) is -0.760. The van der Waals surface area contributed by atoms with E-state index in [0.717, 1.165) is 5.56 Å². The van der Waals surface area contributed by atoms with Crippen LogP contribution in [0.15, 0.2) is 42.5 Å². The molecule has 0 saturated carbocycles. The number of nitro benzene ring substituents is 1. The molecular weight excluding hydrogens is 416 g/mol. The second-order valence-electron chi connectivity index (χ2n) is 7.72. The molecule has 2 amide bonds. The van der Waals surface area contributed by atoms with Gasteiger partial charge in [0.1, 0.15) is 11.4 Å². The van der Waals surface area contributed by atoms with E-state index >= 15 is 0 Å². The minimum atomic E-state index is -0.760. The van der Waals surface area contributed by atoms with Crippen LogP contribution in [0.3, 0.4) is 0 Å². The molecule has 0 radical (unpaired) electrons. The molecule has 1 fully saturated rings. The number of amides is 2. The average molecular weight is 440 g/mol. The number of hydrogen-bond donors (Lipinski definition) is 1. The number of para-hydroxylation sites is 2. The Balaban J connectivity index is 1.51. The third kappa shape index (κ3) is 4.65. The van der Waals surface area contributed by atoms with Crippen molar-refractivity contribution in [3.63, 3.8) is 0 Å². The van der Waals surface area contributed by atoms with Crippen LogP contribution in [0.2, 0.25) is 0 Å². The van der Waals surface area contributed by atoms with Crippen molar-refractivity contribution in [2.75, 3.05) is 49.6 Å². The van der Waals surface area contributed by atoms with Gasteiger partial charge in [-0.05, 0) is 30.7 Å². The van der Waals surface area contributed by atoms with E-state index in [1.807, 2.05) is 12.1 Å². The highest BCUT2D eigenvalue weighted by Gasteiger charge is 2.34. The van der Waals surface area contributed by atoms with Gasteiger partial charge in [0.15, 0.2) is 6.10 Å². The standard InChI is InChI=1S/C22H24N4O6/c1-15-6-7-16(18(12-15)26(29)30)23-21(27)14-25-13-20(22(28)24-8-10-31-11-9-24)32-19-5-3-2-4-17(19)25/h2-7,12,20H,8-11,13-14H2,1H3,(H,23,27). The van der Waals surface area contributed by atoms with Crippen LogP contribution in [0.25, 0.3) is 0 Å². The fourth-order valence-corrected chi connectivity index (χ4v) is 3.83. The molecule has 2 aliphatic heterocycles. The number of carbonyl (C=O) groups is 2. The lowest BCUT2D eigenvalue weighted by Gasteiger charge is -2.38. The van der Waals surface area contributed by atoms with Crippen molar-refractivity contribution < 1.29 is 24.0 Å². The molecule has 168 valence electrons. The molecule has 0 aromatic heterocycles. The third-order valence-electron chi connectivity index (χ3n) is 5.42. The molecule has 0 bridgehead atoms. The van der Waals surface area contributed by atoms with Crippen molar-refractivity contribution in [3.05, 3.63) is 58.1 Å². The van der Waals surface area contributed by atoms with Crippen molar-refractivity contribution >= 4 is 28.9 Å². The highest BCUT2D eigenvalue weighted by molar-refractivity contribution is 5.96. The van der Waals surface area contributed by atoms with E-state index < -0.39 is 16.9 Å². The Morgan fingerprint density at radius 3 is 2.69 bits per heavy atom. The zero-order chi connectivity index (χ0) is 22.7. The van der Waals surface area contributed by atoms with Gasteiger partial charge in [-0.3, -0.25) is 19.7 Å². The lowest BCUT2D eigenvalue weighted by molar-refractivity contribution is -0.384. The lowest BCUT2D eigenvalue weighted by atomic mass is 10.1. The maximum atomic E-state index is 13.0. The van der Waals surface area contributed by atoms with Gasteiger partial charge < -0.3 is 24.6 Å². The normalized spacial score (nSPS) is 17.8. The van der Waals surface area contributed by atoms with Crippen LogP contribution in [0.4, 0.5) is 17.1 Å². The van der Waals surface area contributed by atoms with E-state index in [0.29, 0.717) is 37.7 Å². The molecule has 32 heavy (non-hydrogen) atoms. The molecule has 10 heteroatoms. The number of hydrogen-bond acceptors (Lipinski definition) is 7. The molecule has 2 aromatic carbocycles. The second kappa shape index (κ2) is 9.23. The summed E-state index contributed by atoms with van der Waals surface area (Å²) < 4.78 is 11.3. The van der Waals surface area contributed by atoms with E-state index in [9.17, 15) is 19.7 Å². The summed E-state index contributed by atoms with van der Waals surface area (Å²) in [6.45, 7) is 3.81. The molecule has 1 saturated heterocycles. The predicted molar refractivity (Wildman–Crippen MR) is 117 cm³/mol. The number of morpholine rings is 1. The molecule has 10 nitrogen and oxygen atoms in total. The van der Waals surface area contributed by atoms with Crippen LogP contribution < -0.4 is 15.0 Å². The Kier molecular flexibility index (Phi) is 6.22. The first-order valence-electron chi connectivity index (χ1n) is 10.3. The van der Waals surface area contributed by atoms with Crippen molar-refractivity contribution in [2.45, 2.75) is 13.0 Å². The summed E-state index contributed by atoms with van der Waals surface area (Å²) in [6, 6.07) is 11.8. The largest absolute Gasteiger partial charge is 0.477 e. The Hall–Kier alpha value is -3.66. The Morgan fingerprint density at radius 1 is 1.19 bits per heavy atom. The summed E-state index contributed by atoms with van der Waals surface area (Å²) in [4.78, 5) is 40.1. The first-order chi connectivity index (χ1) is 15.4. The first-order valence-corrected chi connectivity index (χ1v) is 10.3. The van der Waals surface area contributed by atoms with Gasteiger partial charge in [-0.25, -0.2) is 0 Å². The Morgan fingerprint density at radius 2 is 1.94 bits per heavy atom. The van der Waals surface area contributed by atoms with Gasteiger partial charge >= 0.3 is 0 Å². The van der Waals surface area contributed by atoms with Gasteiger partial charge in [0.05, 0.1) is 36.9 Å². The lowest BCUT2D eigenvalue weighted by Crippen LogP contribution is -2.53. The number of nitrogens with one attached hydrogen (secondary N) is 1. The number of aryl methyl sites for hydroxylation is 1. The second-order valence-corrected chi connectivity index (χ2v) is 7.72. The number of ether oxygens (including phenoxy) is 2. The number of fused-ring (bicyclic) bond motifs is 1. The van der Waals surface area contributed by atoms with Crippen molar-refractivity contribution in [3.8, 4) is 5.75 Å². The highest BCUT2D eigenvalue weighted by Crippen LogP contribution is 2.33. The van der Waals surface area contributed by atoms with Gasteiger partial charge in [0.25, 0.3) is 11.6 Å². The fourth-order valence-electron chi connectivity index (χ4n) is 3.83. The number of nitrogens with zero attached hydrogens (tertiary/aromatic N) is 3. The van der Waals surface area contributed by atoms with Gasteiger partial charge in [0.2, 0.25) is 5.91 Å². The Labute approximate surface area is 184 Å². The van der Waals surface area contributed by atoms with Gasteiger partial charge in [0, 0.05) is 19.2 Å². The quantitative estimate of drug-likeness (QED) is 0.558. The summed E-state index contributed by atoms with van der Waals surface area (Å²) >= 11 is 0. The zero-order valence-electron chi connectivity index (χ0n) is 17.7. The molecule has 2 aromatic rings. The van der Waals surface area contributed by atoms with E-state index in [2.05, 4.69) is 5.32 Å². The average Bonchev–Trinajstić information content (AvgIpc) is 2.80. The SMILES string of the molecule is Cc1ccc(NC(=O)CN2CC(C(=O)N3CCOCC3)Oc3ccccc32)c([N+](=O)[O-])c1. The summed E-state index contributed by atoms with van der Waals surface area (Å²) in [5.41, 5.74) is 1.38. The summed E-state index contributed by atoms with van der Waals surface area (Å²) in [7, 11) is 0. The van der Waals surface area contributed by atoms with Crippen LogP contribution >= 0.6 is 0 Å². The Bertz CT molecular complexity index is 1040. The van der Waals surface area contributed by atoms with E-state index in [-0.39, 0.29) is 30.4 Å². The summed E-state index contributed by atoms with van der Waals surface area (Å²) in [5.74, 6) is -0.0620. The highest BCUT2D eigenvalue weighted by atomic mass is 16.6. The number of rotatable bonds is 5. The zero-order valence-corrected chi connectivity index (χ0v) is 17.7. The van der Waals surface area contributed by atoms with Gasteiger partial charge in [-0.2, -0.15) is 0 Å². The smallest absolute Gasteiger partial charge is 0.293 e. The van der Waals surface area contributed by atoms with Crippen molar-refractivity contribution in [1.82, 2.24) is 4.90 Å². The minimum Gasteiger partial charge on any atom is -0.477 e. The number of anilines is 2. The maximum absolute atomic E-state index is 13.0. The molecule has 2 heterocycles. The first kappa shape index (κ1) is 21.6. The molecule has 0 aliphatic carbocycles. The van der Waals surface area contributed by atoms with Crippen LogP contribution in [0, 0.1) is 17.0 Å². The van der Waals surface area contributed by atoms with Crippen LogP contribution in [0.1, 0.15) is 5.56 Å².